The molecule has 5 atom stereocenters. The number of Topliss-reactive ketones (excluding diaryl/α,β-unsaturated/α-hetero) is 1. The van der Waals surface area contributed by atoms with Gasteiger partial charge in [0.1, 0.15) is 18.0 Å². The van der Waals surface area contributed by atoms with Crippen LogP contribution in [0.4, 0.5) is 0 Å². The van der Waals surface area contributed by atoms with Gasteiger partial charge in [0.2, 0.25) is 5.91 Å². The normalized spacial score (nSPS) is 22.0. The number of ketones is 2. The number of phosphoric ester groups is 1. The van der Waals surface area contributed by atoms with Gasteiger partial charge in [0, 0.05) is 32.2 Å². The van der Waals surface area contributed by atoms with Crippen molar-refractivity contribution in [3.8, 4) is 25.1 Å². The second kappa shape index (κ2) is 18.2. The number of rotatable bonds is 21. The Morgan fingerprint density at radius 2 is 1.61 bits per heavy atom. The average molecular weight is 677 g/mol. The molecule has 1 fully saturated rings. The van der Waals surface area contributed by atoms with Crippen LogP contribution in [0.2, 0.25) is 0 Å². The lowest BCUT2D eigenvalue weighted by molar-refractivity contribution is -0.134. The summed E-state index contributed by atoms with van der Waals surface area (Å²) in [6, 6.07) is 8.40. The van der Waals surface area contributed by atoms with Crippen LogP contribution in [-0.4, -0.2) is 67.5 Å². The van der Waals surface area contributed by atoms with Crippen molar-refractivity contribution in [2.45, 2.75) is 64.1 Å². The zero-order chi connectivity index (χ0) is 33.6. The highest BCUT2D eigenvalue weighted by Gasteiger charge is 2.57. The van der Waals surface area contributed by atoms with E-state index in [-0.39, 0.29) is 50.3 Å². The Morgan fingerprint density at radius 3 is 2.28 bits per heavy atom. The molecule has 3 unspecified atom stereocenters. The molecular formula is C32H42N2O10P2. The molecule has 1 aromatic rings. The van der Waals surface area contributed by atoms with Gasteiger partial charge >= 0.3 is 15.4 Å². The van der Waals surface area contributed by atoms with Crippen LogP contribution in [0.1, 0.15) is 51.0 Å². The smallest absolute Gasteiger partial charge is 0.356 e. The molecule has 0 saturated carbocycles. The van der Waals surface area contributed by atoms with E-state index in [1.165, 1.54) is 12.7 Å². The Morgan fingerprint density at radius 1 is 0.935 bits per heavy atom. The van der Waals surface area contributed by atoms with Gasteiger partial charge in [-0.15, -0.1) is 0 Å². The predicted octanol–water partition coefficient (Wildman–Crippen LogP) is 4.85. The highest BCUT2D eigenvalue weighted by molar-refractivity contribution is 7.52. The molecule has 2 heterocycles. The first-order chi connectivity index (χ1) is 22.1. The molecule has 2 aliphatic rings. The van der Waals surface area contributed by atoms with E-state index in [9.17, 15) is 23.5 Å². The summed E-state index contributed by atoms with van der Waals surface area (Å²) < 4.78 is 48.9. The monoisotopic (exact) mass is 676 g/mol. The molecular weight excluding hydrogens is 634 g/mol. The maximum atomic E-state index is 13.8. The van der Waals surface area contributed by atoms with Crippen molar-refractivity contribution in [3.05, 3.63) is 48.0 Å². The minimum absolute atomic E-state index is 0.0552. The largest absolute Gasteiger partial charge is 0.604 e. The van der Waals surface area contributed by atoms with E-state index >= 15 is 0 Å². The number of nitrogens with one attached hydrogen (secondary N) is 1. The van der Waals surface area contributed by atoms with Crippen LogP contribution in [0.3, 0.4) is 0 Å². The lowest BCUT2D eigenvalue weighted by Crippen LogP contribution is -2.45. The third-order valence-electron chi connectivity index (χ3n) is 7.67. The zero-order valence-electron chi connectivity index (χ0n) is 26.2. The van der Waals surface area contributed by atoms with E-state index in [0.29, 0.717) is 38.6 Å². The Balaban J connectivity index is 1.64. The standard InChI is InChI=1S/C32H42N2O10P2/c1-5-40-45(4,38)43-22-14-9-12-18-27(35)30-29(32(37)33-21-13-15-23-44-46(39,41-6-2)42-7-3)26-19-20-28(36)31(30)34(26)24-25-16-10-8-11-17-25/h2-3,8,10-11,16-17,19-20,26,29-31H,5,9,12-15,18,21-24H2,1,4H3,(H,33,37)/t26-,29?,30?,31+,45?/m1/s1. The van der Waals surface area contributed by atoms with Gasteiger partial charge in [0.25, 0.3) is 0 Å². The van der Waals surface area contributed by atoms with Gasteiger partial charge in [-0.3, -0.25) is 28.4 Å². The molecule has 2 aliphatic heterocycles. The third-order valence-corrected chi connectivity index (χ3v) is 10.2. The van der Waals surface area contributed by atoms with E-state index in [2.05, 4.69) is 14.4 Å². The number of unbranched alkanes of at least 4 members (excludes halogenated alkanes) is 3. The van der Waals surface area contributed by atoms with Gasteiger partial charge in [-0.25, -0.2) is 4.57 Å². The fraction of sp³-hybridized carbons (Fsp3) is 0.531. The van der Waals surface area contributed by atoms with Crippen LogP contribution in [0.25, 0.3) is 0 Å². The summed E-state index contributed by atoms with van der Waals surface area (Å²) in [6.45, 7) is 4.29. The number of hydrogen-bond acceptors (Lipinski definition) is 11. The number of terminal acetylenes is 2. The Hall–Kier alpha value is -3.21. The van der Waals surface area contributed by atoms with Crippen LogP contribution in [0, 0.1) is 36.9 Å². The average Bonchev–Trinajstić information content (AvgIpc) is 3.24. The van der Waals surface area contributed by atoms with E-state index in [4.69, 9.17) is 26.4 Å². The molecule has 2 bridgehead atoms. The quantitative estimate of drug-likeness (QED) is 0.108. The summed E-state index contributed by atoms with van der Waals surface area (Å²) >= 11 is 0. The minimum atomic E-state index is -4.07. The second-order valence-electron chi connectivity index (χ2n) is 10.9. The molecule has 0 aliphatic carbocycles. The van der Waals surface area contributed by atoms with E-state index < -0.39 is 39.3 Å². The SMILES string of the molecule is C#COP(=O)(OC#C)OCCCCNC(=O)C1C(C(=O)CCCCCOP(C)(=O)OCC)[C@@H]2C(=O)C=C[C@H]1N2Cc1ccccc1. The van der Waals surface area contributed by atoms with Gasteiger partial charge in [0.15, 0.2) is 5.78 Å². The second-order valence-corrected chi connectivity index (χ2v) is 14.5. The molecule has 1 saturated heterocycles. The molecule has 3 rings (SSSR count). The number of fused-ring (bicyclic) bond motifs is 2. The van der Waals surface area contributed by atoms with Crippen molar-refractivity contribution in [1.82, 2.24) is 10.2 Å². The van der Waals surface area contributed by atoms with Crippen LogP contribution in [0.15, 0.2) is 42.5 Å². The fourth-order valence-electron chi connectivity index (χ4n) is 5.74. The van der Waals surface area contributed by atoms with Crippen molar-refractivity contribution in [3.63, 3.8) is 0 Å². The third kappa shape index (κ3) is 10.7. The molecule has 12 nitrogen and oxygen atoms in total. The summed E-state index contributed by atoms with van der Waals surface area (Å²) in [5.41, 5.74) is 0.966. The molecule has 0 aromatic heterocycles. The lowest BCUT2D eigenvalue weighted by Gasteiger charge is -2.31. The number of benzene rings is 1. The van der Waals surface area contributed by atoms with Crippen molar-refractivity contribution in [1.29, 1.82) is 0 Å². The van der Waals surface area contributed by atoms with Crippen LogP contribution >= 0.6 is 15.4 Å². The highest BCUT2D eigenvalue weighted by atomic mass is 31.2. The number of hydrogen-bond donors (Lipinski definition) is 1. The fourth-order valence-corrected chi connectivity index (χ4v) is 7.50. The van der Waals surface area contributed by atoms with E-state index in [0.717, 1.165) is 5.56 Å². The summed E-state index contributed by atoms with van der Waals surface area (Å²) in [5, 5.41) is 2.91. The van der Waals surface area contributed by atoms with Crippen molar-refractivity contribution in [2.24, 2.45) is 11.8 Å². The summed E-state index contributed by atoms with van der Waals surface area (Å²) in [5.74, 6) is -2.27. The van der Waals surface area contributed by atoms with Gasteiger partial charge in [-0.05, 0) is 44.2 Å². The maximum absolute atomic E-state index is 13.8. The Labute approximate surface area is 271 Å². The van der Waals surface area contributed by atoms with Crippen LogP contribution < -0.4 is 5.32 Å². The first-order valence-corrected chi connectivity index (χ1v) is 18.7. The van der Waals surface area contributed by atoms with E-state index in [1.54, 1.807) is 25.2 Å². The molecule has 1 amide bonds. The lowest BCUT2D eigenvalue weighted by atomic mass is 9.81. The molecule has 1 N–H and O–H groups in total. The number of carbonyl (C=O) groups is 3. The molecule has 250 valence electrons. The van der Waals surface area contributed by atoms with Gasteiger partial charge < -0.3 is 23.4 Å². The predicted molar refractivity (Wildman–Crippen MR) is 171 cm³/mol. The molecule has 14 heteroatoms. The topological polar surface area (TPSA) is 147 Å². The molecule has 46 heavy (non-hydrogen) atoms. The molecule has 1 aromatic carbocycles. The van der Waals surface area contributed by atoms with Crippen LogP contribution in [-0.2, 0) is 52.7 Å². The van der Waals surface area contributed by atoms with Crippen molar-refractivity contribution >= 4 is 32.9 Å². The summed E-state index contributed by atoms with van der Waals surface area (Å²) in [6.07, 6.45) is 19.4. The number of carbonyl (C=O) groups excluding carboxylic acids is 3. The maximum Gasteiger partial charge on any atom is 0.604 e. The van der Waals surface area contributed by atoms with E-state index in [1.807, 2.05) is 35.2 Å². The zero-order valence-corrected chi connectivity index (χ0v) is 28.0. The van der Waals surface area contributed by atoms with Gasteiger partial charge in [-0.1, -0.05) is 55.7 Å². The van der Waals surface area contributed by atoms with Crippen LogP contribution in [0.5, 0.6) is 0 Å². The molecule has 0 radical (unpaired) electrons. The highest BCUT2D eigenvalue weighted by Crippen LogP contribution is 2.49. The number of phosphoric acid groups is 1. The van der Waals surface area contributed by atoms with Gasteiger partial charge in [-0.2, -0.15) is 0 Å². The number of nitrogens with zero attached hydrogens (tertiary/aromatic N) is 1. The molecule has 0 spiro atoms. The Bertz CT molecular complexity index is 1380. The van der Waals surface area contributed by atoms with Gasteiger partial charge in [0.05, 0.1) is 37.7 Å². The Kier molecular flexibility index (Phi) is 14.7. The van der Waals surface area contributed by atoms with Crippen molar-refractivity contribution in [2.75, 3.05) is 33.0 Å². The summed E-state index contributed by atoms with van der Waals surface area (Å²) in [7, 11) is -7.16. The van der Waals surface area contributed by atoms with Crippen molar-refractivity contribution < 1.29 is 46.1 Å². The minimum Gasteiger partial charge on any atom is -0.356 e. The summed E-state index contributed by atoms with van der Waals surface area (Å²) in [4.78, 5) is 42.7. The first kappa shape index (κ1) is 37.2. The number of amides is 1. The first-order valence-electron chi connectivity index (χ1n) is 15.3.